The number of carbonyl (C=O) groups is 1. The number of hydrogen-bond acceptors (Lipinski definition) is 4. The van der Waals surface area contributed by atoms with Gasteiger partial charge in [-0.05, 0) is 45.7 Å². The normalized spacial score (nSPS) is 24.4. The van der Waals surface area contributed by atoms with Crippen LogP contribution in [0.15, 0.2) is 0 Å². The van der Waals surface area contributed by atoms with Gasteiger partial charge >= 0.3 is 0 Å². The molecule has 5 nitrogen and oxygen atoms in total. The predicted octanol–water partition coefficient (Wildman–Crippen LogP) is 0.542. The van der Waals surface area contributed by atoms with Crippen molar-refractivity contribution in [3.8, 4) is 0 Å². The van der Waals surface area contributed by atoms with Crippen LogP contribution >= 0.6 is 0 Å². The van der Waals surface area contributed by atoms with Gasteiger partial charge in [0.15, 0.2) is 0 Å². The maximum Gasteiger partial charge on any atom is 0.248 e. The lowest BCUT2D eigenvalue weighted by Gasteiger charge is -2.36. The third-order valence-electron chi connectivity index (χ3n) is 3.28. The van der Waals surface area contributed by atoms with Gasteiger partial charge in [-0.25, -0.2) is 0 Å². The standard InChI is InChI=1S/C13H26N2O3/c1-10(13(16)15-5-4-6-17-3)18-12-7-11(8-12)9-14-2/h10-12,14H,4-9H2,1-3H3,(H,15,16). The number of nitrogens with one attached hydrogen (secondary N) is 2. The minimum atomic E-state index is -0.354. The first-order valence-electron chi connectivity index (χ1n) is 6.74. The molecule has 5 heteroatoms. The van der Waals surface area contributed by atoms with E-state index in [2.05, 4.69) is 10.6 Å². The number of ether oxygens (including phenoxy) is 2. The fourth-order valence-corrected chi connectivity index (χ4v) is 2.16. The number of hydrogen-bond donors (Lipinski definition) is 2. The van der Waals surface area contributed by atoms with E-state index in [1.165, 1.54) is 0 Å². The molecule has 0 saturated heterocycles. The zero-order chi connectivity index (χ0) is 13.4. The van der Waals surface area contributed by atoms with Crippen molar-refractivity contribution in [1.29, 1.82) is 0 Å². The monoisotopic (exact) mass is 258 g/mol. The van der Waals surface area contributed by atoms with E-state index in [1.54, 1.807) is 7.11 Å². The van der Waals surface area contributed by atoms with Crippen molar-refractivity contribution >= 4 is 5.91 Å². The molecule has 1 rings (SSSR count). The van der Waals surface area contributed by atoms with Crippen molar-refractivity contribution in [1.82, 2.24) is 10.6 Å². The average molecular weight is 258 g/mol. The predicted molar refractivity (Wildman–Crippen MR) is 70.5 cm³/mol. The Kier molecular flexibility index (Phi) is 7.23. The molecule has 0 radical (unpaired) electrons. The van der Waals surface area contributed by atoms with Crippen LogP contribution in [0, 0.1) is 5.92 Å². The molecular formula is C13H26N2O3. The molecule has 1 atom stereocenters. The van der Waals surface area contributed by atoms with Gasteiger partial charge < -0.3 is 20.1 Å². The molecule has 0 bridgehead atoms. The van der Waals surface area contributed by atoms with Crippen molar-refractivity contribution in [2.75, 3.05) is 33.9 Å². The van der Waals surface area contributed by atoms with Gasteiger partial charge in [0.05, 0.1) is 6.10 Å². The molecule has 2 N–H and O–H groups in total. The molecule has 0 spiro atoms. The summed E-state index contributed by atoms with van der Waals surface area (Å²) in [5.41, 5.74) is 0. The van der Waals surface area contributed by atoms with Crippen LogP contribution in [-0.2, 0) is 14.3 Å². The summed E-state index contributed by atoms with van der Waals surface area (Å²) in [6, 6.07) is 0. The van der Waals surface area contributed by atoms with Crippen LogP contribution in [0.5, 0.6) is 0 Å². The lowest BCUT2D eigenvalue weighted by molar-refractivity contribution is -0.141. The fraction of sp³-hybridized carbons (Fsp3) is 0.923. The van der Waals surface area contributed by atoms with Crippen LogP contribution in [-0.4, -0.2) is 52.0 Å². The highest BCUT2D eigenvalue weighted by Crippen LogP contribution is 2.30. The van der Waals surface area contributed by atoms with E-state index in [1.807, 2.05) is 14.0 Å². The second-order valence-corrected chi connectivity index (χ2v) is 4.93. The van der Waals surface area contributed by atoms with E-state index in [0.29, 0.717) is 19.1 Å². The van der Waals surface area contributed by atoms with Crippen LogP contribution in [0.25, 0.3) is 0 Å². The summed E-state index contributed by atoms with van der Waals surface area (Å²) in [7, 11) is 3.62. The Hall–Kier alpha value is -0.650. The molecule has 1 aliphatic carbocycles. The minimum Gasteiger partial charge on any atom is -0.385 e. The highest BCUT2D eigenvalue weighted by atomic mass is 16.5. The Labute approximate surface area is 110 Å². The number of amides is 1. The van der Waals surface area contributed by atoms with Crippen molar-refractivity contribution in [2.24, 2.45) is 5.92 Å². The Morgan fingerprint density at radius 2 is 2.17 bits per heavy atom. The molecule has 0 aromatic rings. The first-order chi connectivity index (χ1) is 8.67. The van der Waals surface area contributed by atoms with E-state index >= 15 is 0 Å². The number of carbonyl (C=O) groups excluding carboxylic acids is 1. The second-order valence-electron chi connectivity index (χ2n) is 4.93. The number of methoxy groups -OCH3 is 1. The van der Waals surface area contributed by atoms with Gasteiger partial charge in [-0.3, -0.25) is 4.79 Å². The van der Waals surface area contributed by atoms with Gasteiger partial charge in [0.2, 0.25) is 5.91 Å². The maximum atomic E-state index is 11.7. The second kappa shape index (κ2) is 8.45. The summed E-state index contributed by atoms with van der Waals surface area (Å²) >= 11 is 0. The van der Waals surface area contributed by atoms with Gasteiger partial charge in [-0.1, -0.05) is 0 Å². The third kappa shape index (κ3) is 5.33. The lowest BCUT2D eigenvalue weighted by atomic mass is 9.82. The van der Waals surface area contributed by atoms with Gasteiger partial charge in [0, 0.05) is 20.3 Å². The molecule has 0 aromatic heterocycles. The van der Waals surface area contributed by atoms with Crippen molar-refractivity contribution < 1.29 is 14.3 Å². The van der Waals surface area contributed by atoms with Crippen LogP contribution in [0.2, 0.25) is 0 Å². The van der Waals surface area contributed by atoms with Crippen LogP contribution in [0.4, 0.5) is 0 Å². The van der Waals surface area contributed by atoms with Crippen molar-refractivity contribution in [3.05, 3.63) is 0 Å². The molecule has 1 fully saturated rings. The van der Waals surface area contributed by atoms with Gasteiger partial charge in [0.1, 0.15) is 6.10 Å². The van der Waals surface area contributed by atoms with E-state index in [9.17, 15) is 4.79 Å². The first kappa shape index (κ1) is 15.4. The molecule has 0 heterocycles. The summed E-state index contributed by atoms with van der Waals surface area (Å²) in [6.07, 6.45) is 2.85. The van der Waals surface area contributed by atoms with Gasteiger partial charge in [-0.15, -0.1) is 0 Å². The summed E-state index contributed by atoms with van der Waals surface area (Å²) in [6.45, 7) is 4.17. The highest BCUT2D eigenvalue weighted by molar-refractivity contribution is 5.80. The zero-order valence-electron chi connectivity index (χ0n) is 11.7. The molecule has 106 valence electrons. The molecule has 18 heavy (non-hydrogen) atoms. The summed E-state index contributed by atoms with van der Waals surface area (Å²) < 4.78 is 10.6. The van der Waals surface area contributed by atoms with Gasteiger partial charge in [-0.2, -0.15) is 0 Å². The Morgan fingerprint density at radius 3 is 2.78 bits per heavy atom. The fourth-order valence-electron chi connectivity index (χ4n) is 2.16. The molecule has 0 aliphatic heterocycles. The molecule has 1 amide bonds. The molecular weight excluding hydrogens is 232 g/mol. The van der Waals surface area contributed by atoms with E-state index in [0.717, 1.165) is 25.8 Å². The zero-order valence-corrected chi connectivity index (χ0v) is 11.7. The van der Waals surface area contributed by atoms with E-state index < -0.39 is 0 Å². The summed E-state index contributed by atoms with van der Waals surface area (Å²) in [5.74, 6) is 0.681. The molecule has 1 saturated carbocycles. The average Bonchev–Trinajstić information content (AvgIpc) is 2.31. The lowest BCUT2D eigenvalue weighted by Crippen LogP contribution is -2.43. The Bertz CT molecular complexity index is 242. The smallest absolute Gasteiger partial charge is 0.248 e. The van der Waals surface area contributed by atoms with Crippen LogP contribution < -0.4 is 10.6 Å². The Balaban J connectivity index is 2.06. The Morgan fingerprint density at radius 1 is 1.44 bits per heavy atom. The largest absolute Gasteiger partial charge is 0.385 e. The SMILES string of the molecule is CNCC1CC(OC(C)C(=O)NCCCOC)C1. The van der Waals surface area contributed by atoms with Crippen LogP contribution in [0.3, 0.4) is 0 Å². The van der Waals surface area contributed by atoms with Crippen LogP contribution in [0.1, 0.15) is 26.2 Å². The highest BCUT2D eigenvalue weighted by Gasteiger charge is 2.31. The quantitative estimate of drug-likeness (QED) is 0.593. The summed E-state index contributed by atoms with van der Waals surface area (Å²) in [5, 5.41) is 6.01. The van der Waals surface area contributed by atoms with Gasteiger partial charge in [0.25, 0.3) is 0 Å². The van der Waals surface area contributed by atoms with Crippen molar-refractivity contribution in [3.63, 3.8) is 0 Å². The minimum absolute atomic E-state index is 0.0248. The van der Waals surface area contributed by atoms with E-state index in [-0.39, 0.29) is 18.1 Å². The third-order valence-corrected chi connectivity index (χ3v) is 3.28. The molecule has 1 unspecified atom stereocenters. The molecule has 1 aliphatic rings. The van der Waals surface area contributed by atoms with E-state index in [4.69, 9.17) is 9.47 Å². The molecule has 0 aromatic carbocycles. The number of rotatable bonds is 9. The topological polar surface area (TPSA) is 59.6 Å². The first-order valence-corrected chi connectivity index (χ1v) is 6.74. The summed E-state index contributed by atoms with van der Waals surface area (Å²) in [4.78, 5) is 11.7. The maximum absolute atomic E-state index is 11.7. The van der Waals surface area contributed by atoms with Crippen molar-refractivity contribution in [2.45, 2.75) is 38.4 Å².